The lowest BCUT2D eigenvalue weighted by Crippen LogP contribution is -2.42. The monoisotopic (exact) mass is 330 g/mol. The molecule has 7 heteroatoms. The van der Waals surface area contributed by atoms with E-state index in [0.717, 1.165) is 16.7 Å². The van der Waals surface area contributed by atoms with Crippen LogP contribution in [0.25, 0.3) is 6.08 Å². The fourth-order valence-electron chi connectivity index (χ4n) is 1.99. The Bertz CT molecular complexity index is 719. The van der Waals surface area contributed by atoms with Gasteiger partial charge in [-0.05, 0) is 49.4 Å². The van der Waals surface area contributed by atoms with Gasteiger partial charge in [0.05, 0.1) is 23.1 Å². The summed E-state index contributed by atoms with van der Waals surface area (Å²) in [6.07, 6.45) is 1.56. The molecule has 0 aromatic heterocycles. The minimum absolute atomic E-state index is 0.181. The molecule has 0 saturated carbocycles. The molecule has 1 fully saturated rings. The van der Waals surface area contributed by atoms with Crippen LogP contribution in [-0.2, 0) is 14.3 Å². The topological polar surface area (TPSA) is 87.5 Å². The van der Waals surface area contributed by atoms with Gasteiger partial charge in [0.2, 0.25) is 0 Å². The molecule has 1 aromatic carbocycles. The van der Waals surface area contributed by atoms with Crippen LogP contribution >= 0.6 is 11.8 Å². The lowest BCUT2D eigenvalue weighted by molar-refractivity contribution is -0.150. The molecule has 2 rings (SSSR count). The van der Waals surface area contributed by atoms with Gasteiger partial charge in [-0.3, -0.25) is 14.5 Å². The van der Waals surface area contributed by atoms with E-state index in [2.05, 4.69) is 0 Å². The lowest BCUT2D eigenvalue weighted by Gasteiger charge is -2.19. The van der Waals surface area contributed by atoms with E-state index in [4.69, 9.17) is 10.00 Å². The Morgan fingerprint density at radius 2 is 2.04 bits per heavy atom. The number of hydrogen-bond acceptors (Lipinski definition) is 6. The molecule has 0 radical (unpaired) electrons. The molecule has 1 unspecified atom stereocenters. The van der Waals surface area contributed by atoms with Crippen molar-refractivity contribution >= 4 is 35.0 Å². The van der Waals surface area contributed by atoms with E-state index in [9.17, 15) is 14.4 Å². The second kappa shape index (κ2) is 7.11. The molecular formula is C16H14N2O4S. The summed E-state index contributed by atoms with van der Waals surface area (Å²) in [6.45, 7) is 3.29. The van der Waals surface area contributed by atoms with Gasteiger partial charge in [-0.2, -0.15) is 5.26 Å². The summed E-state index contributed by atoms with van der Waals surface area (Å²) >= 11 is 0.776. The van der Waals surface area contributed by atoms with Gasteiger partial charge < -0.3 is 4.74 Å². The van der Waals surface area contributed by atoms with Gasteiger partial charge in [0.1, 0.15) is 6.04 Å². The summed E-state index contributed by atoms with van der Waals surface area (Å²) in [6, 6.07) is 7.65. The normalized spacial score (nSPS) is 17.3. The molecule has 1 aliphatic heterocycles. The van der Waals surface area contributed by atoms with Crippen molar-refractivity contribution in [2.45, 2.75) is 19.9 Å². The predicted molar refractivity (Wildman–Crippen MR) is 85.1 cm³/mol. The number of carbonyl (C=O) groups excluding carboxylic acids is 3. The number of nitriles is 1. The van der Waals surface area contributed by atoms with Crippen LogP contribution in [0.3, 0.4) is 0 Å². The molecular weight excluding hydrogens is 316 g/mol. The summed E-state index contributed by atoms with van der Waals surface area (Å²) < 4.78 is 4.85. The summed E-state index contributed by atoms with van der Waals surface area (Å²) in [5.41, 5.74) is 1.20. The zero-order valence-corrected chi connectivity index (χ0v) is 13.4. The molecule has 0 N–H and O–H groups in total. The first-order valence-electron chi connectivity index (χ1n) is 6.91. The van der Waals surface area contributed by atoms with Crippen LogP contribution in [0.15, 0.2) is 29.2 Å². The third kappa shape index (κ3) is 3.60. The number of benzene rings is 1. The molecule has 1 heterocycles. The molecule has 0 bridgehead atoms. The fraction of sp³-hybridized carbons (Fsp3) is 0.250. The SMILES string of the molecule is CCOC(=O)C(C)N1C(=O)S/C(=C\c2ccc(C#N)cc2)C1=O. The summed E-state index contributed by atoms with van der Waals surface area (Å²) in [5.74, 6) is -1.14. The number of carbonyl (C=O) groups is 3. The highest BCUT2D eigenvalue weighted by atomic mass is 32.2. The fourth-order valence-corrected chi connectivity index (χ4v) is 2.90. The largest absolute Gasteiger partial charge is 0.464 e. The van der Waals surface area contributed by atoms with Crippen molar-refractivity contribution in [2.75, 3.05) is 6.61 Å². The number of imide groups is 1. The number of amides is 2. The predicted octanol–water partition coefficient (Wildman–Crippen LogP) is 2.55. The van der Waals surface area contributed by atoms with Crippen LogP contribution in [0.1, 0.15) is 25.0 Å². The molecule has 1 aliphatic rings. The van der Waals surface area contributed by atoms with Gasteiger partial charge in [0.15, 0.2) is 0 Å². The standard InChI is InChI=1S/C16H14N2O4S/c1-3-22-15(20)10(2)18-14(19)13(23-16(18)21)8-11-4-6-12(9-17)7-5-11/h4-8,10H,3H2,1-2H3/b13-8-. The number of nitrogens with zero attached hydrogens (tertiary/aromatic N) is 2. The molecule has 2 amide bonds. The van der Waals surface area contributed by atoms with E-state index in [1.807, 2.05) is 6.07 Å². The third-order valence-electron chi connectivity index (χ3n) is 3.18. The Morgan fingerprint density at radius 3 is 2.61 bits per heavy atom. The zero-order chi connectivity index (χ0) is 17.0. The zero-order valence-electron chi connectivity index (χ0n) is 12.6. The maximum Gasteiger partial charge on any atom is 0.329 e. The maximum absolute atomic E-state index is 12.3. The molecule has 1 saturated heterocycles. The number of rotatable bonds is 4. The van der Waals surface area contributed by atoms with E-state index >= 15 is 0 Å². The average Bonchev–Trinajstić information content (AvgIpc) is 2.81. The Kier molecular flexibility index (Phi) is 5.19. The first kappa shape index (κ1) is 16.8. The molecule has 23 heavy (non-hydrogen) atoms. The minimum atomic E-state index is -0.964. The highest BCUT2D eigenvalue weighted by Gasteiger charge is 2.41. The highest BCUT2D eigenvalue weighted by molar-refractivity contribution is 8.18. The molecule has 118 valence electrons. The Labute approximate surface area is 137 Å². The molecule has 6 nitrogen and oxygen atoms in total. The van der Waals surface area contributed by atoms with Crippen LogP contribution in [0, 0.1) is 11.3 Å². The van der Waals surface area contributed by atoms with Crippen molar-refractivity contribution < 1.29 is 19.1 Å². The van der Waals surface area contributed by atoms with Gasteiger partial charge in [-0.15, -0.1) is 0 Å². The molecule has 1 atom stereocenters. The van der Waals surface area contributed by atoms with Crippen LogP contribution in [0.4, 0.5) is 4.79 Å². The first-order valence-corrected chi connectivity index (χ1v) is 7.73. The van der Waals surface area contributed by atoms with Crippen LogP contribution in [-0.4, -0.2) is 34.7 Å². The Hall–Kier alpha value is -2.59. The first-order chi connectivity index (χ1) is 11.0. The Morgan fingerprint density at radius 1 is 1.39 bits per heavy atom. The average molecular weight is 330 g/mol. The third-order valence-corrected chi connectivity index (χ3v) is 4.06. The number of ether oxygens (including phenoxy) is 1. The lowest BCUT2D eigenvalue weighted by atomic mass is 10.1. The van der Waals surface area contributed by atoms with Crippen LogP contribution in [0.5, 0.6) is 0 Å². The van der Waals surface area contributed by atoms with Gasteiger partial charge in [-0.25, -0.2) is 4.79 Å². The van der Waals surface area contributed by atoms with Gasteiger partial charge in [-0.1, -0.05) is 12.1 Å². The van der Waals surface area contributed by atoms with E-state index in [1.54, 1.807) is 37.3 Å². The summed E-state index contributed by atoms with van der Waals surface area (Å²) in [7, 11) is 0. The summed E-state index contributed by atoms with van der Waals surface area (Å²) in [5, 5.41) is 8.26. The maximum atomic E-state index is 12.3. The van der Waals surface area contributed by atoms with Crippen molar-refractivity contribution in [3.05, 3.63) is 40.3 Å². The van der Waals surface area contributed by atoms with E-state index in [1.165, 1.54) is 6.92 Å². The highest BCUT2D eigenvalue weighted by Crippen LogP contribution is 2.33. The Balaban J connectivity index is 2.21. The second-order valence-electron chi connectivity index (χ2n) is 4.71. The van der Waals surface area contributed by atoms with Gasteiger partial charge in [0, 0.05) is 0 Å². The minimum Gasteiger partial charge on any atom is -0.464 e. The van der Waals surface area contributed by atoms with E-state index < -0.39 is 23.2 Å². The van der Waals surface area contributed by atoms with Crippen molar-refractivity contribution in [3.8, 4) is 6.07 Å². The molecule has 0 aliphatic carbocycles. The van der Waals surface area contributed by atoms with Crippen molar-refractivity contribution in [1.29, 1.82) is 5.26 Å². The van der Waals surface area contributed by atoms with Crippen LogP contribution < -0.4 is 0 Å². The van der Waals surface area contributed by atoms with Crippen molar-refractivity contribution in [1.82, 2.24) is 4.90 Å². The van der Waals surface area contributed by atoms with Gasteiger partial charge >= 0.3 is 5.97 Å². The molecule has 0 spiro atoms. The van der Waals surface area contributed by atoms with Crippen molar-refractivity contribution in [2.24, 2.45) is 0 Å². The number of esters is 1. The van der Waals surface area contributed by atoms with E-state index in [-0.39, 0.29) is 11.5 Å². The van der Waals surface area contributed by atoms with Crippen molar-refractivity contribution in [3.63, 3.8) is 0 Å². The van der Waals surface area contributed by atoms with Gasteiger partial charge in [0.25, 0.3) is 11.1 Å². The second-order valence-corrected chi connectivity index (χ2v) is 5.71. The summed E-state index contributed by atoms with van der Waals surface area (Å²) in [4.78, 5) is 37.2. The smallest absolute Gasteiger partial charge is 0.329 e. The number of thioether (sulfide) groups is 1. The number of hydrogen-bond donors (Lipinski definition) is 0. The quantitative estimate of drug-likeness (QED) is 0.623. The van der Waals surface area contributed by atoms with E-state index in [0.29, 0.717) is 11.1 Å². The van der Waals surface area contributed by atoms with Crippen LogP contribution in [0.2, 0.25) is 0 Å². The molecule has 1 aromatic rings.